The van der Waals surface area contributed by atoms with Crippen LogP contribution in [0.1, 0.15) is 17.6 Å². The van der Waals surface area contributed by atoms with Crippen LogP contribution in [0.5, 0.6) is 5.06 Å². The standard InChI is InChI=1S/C7H9NO2S/c1-4-7(10-6(3)9)11-5(2)8-4/h1-3H3. The van der Waals surface area contributed by atoms with Crippen LogP contribution in [0, 0.1) is 13.8 Å². The molecular formula is C7H9NO2S. The van der Waals surface area contributed by atoms with E-state index in [0.717, 1.165) is 10.7 Å². The van der Waals surface area contributed by atoms with Gasteiger partial charge in [-0.15, -0.1) is 0 Å². The van der Waals surface area contributed by atoms with Crippen molar-refractivity contribution in [1.82, 2.24) is 4.98 Å². The van der Waals surface area contributed by atoms with E-state index >= 15 is 0 Å². The molecule has 0 fully saturated rings. The molecule has 1 aromatic rings. The molecule has 4 heteroatoms. The first kappa shape index (κ1) is 8.20. The van der Waals surface area contributed by atoms with E-state index in [9.17, 15) is 4.79 Å². The second-order valence-electron chi connectivity index (χ2n) is 2.20. The third-order valence-corrected chi connectivity index (χ3v) is 2.05. The average Bonchev–Trinajstić information content (AvgIpc) is 2.09. The first-order chi connectivity index (χ1) is 5.09. The summed E-state index contributed by atoms with van der Waals surface area (Å²) in [7, 11) is 0. The minimum absolute atomic E-state index is 0.295. The molecule has 0 saturated heterocycles. The van der Waals surface area contributed by atoms with E-state index in [1.807, 2.05) is 13.8 Å². The molecule has 0 amide bonds. The van der Waals surface area contributed by atoms with Gasteiger partial charge in [0.15, 0.2) is 0 Å². The molecule has 0 N–H and O–H groups in total. The summed E-state index contributed by atoms with van der Waals surface area (Å²) in [6.45, 7) is 5.08. The van der Waals surface area contributed by atoms with Gasteiger partial charge in [-0.2, -0.15) is 0 Å². The minimum Gasteiger partial charge on any atom is -0.414 e. The molecule has 0 aliphatic rings. The van der Waals surface area contributed by atoms with Gasteiger partial charge < -0.3 is 4.74 Å². The van der Waals surface area contributed by atoms with Gasteiger partial charge in [-0.1, -0.05) is 11.3 Å². The lowest BCUT2D eigenvalue weighted by molar-refractivity contribution is -0.131. The maximum Gasteiger partial charge on any atom is 0.308 e. The molecule has 3 nitrogen and oxygen atoms in total. The van der Waals surface area contributed by atoms with Gasteiger partial charge in [0, 0.05) is 6.92 Å². The van der Waals surface area contributed by atoms with Crippen LogP contribution in [0.3, 0.4) is 0 Å². The Morgan fingerprint density at radius 2 is 2.18 bits per heavy atom. The third-order valence-electron chi connectivity index (χ3n) is 1.10. The van der Waals surface area contributed by atoms with Crippen molar-refractivity contribution in [3.8, 4) is 5.06 Å². The predicted octanol–water partition coefficient (Wildman–Crippen LogP) is 1.69. The number of thiazole rings is 1. The van der Waals surface area contributed by atoms with Gasteiger partial charge >= 0.3 is 5.97 Å². The molecule has 0 atom stereocenters. The van der Waals surface area contributed by atoms with Crippen molar-refractivity contribution in [1.29, 1.82) is 0 Å². The molecule has 60 valence electrons. The third kappa shape index (κ3) is 2.01. The zero-order valence-electron chi connectivity index (χ0n) is 6.67. The summed E-state index contributed by atoms with van der Waals surface area (Å²) in [4.78, 5) is 14.6. The van der Waals surface area contributed by atoms with E-state index in [-0.39, 0.29) is 5.97 Å². The van der Waals surface area contributed by atoms with Crippen LogP contribution in [0.4, 0.5) is 0 Å². The Hall–Kier alpha value is -0.900. The topological polar surface area (TPSA) is 39.2 Å². The van der Waals surface area contributed by atoms with Crippen LogP contribution in [0.2, 0.25) is 0 Å². The minimum atomic E-state index is -0.295. The fourth-order valence-corrected chi connectivity index (χ4v) is 1.54. The van der Waals surface area contributed by atoms with Crippen molar-refractivity contribution < 1.29 is 9.53 Å². The van der Waals surface area contributed by atoms with Crippen LogP contribution < -0.4 is 4.74 Å². The van der Waals surface area contributed by atoms with E-state index in [2.05, 4.69) is 4.98 Å². The number of esters is 1. The van der Waals surface area contributed by atoms with E-state index in [4.69, 9.17) is 4.74 Å². The molecule has 11 heavy (non-hydrogen) atoms. The highest BCUT2D eigenvalue weighted by Crippen LogP contribution is 2.25. The maximum atomic E-state index is 10.5. The highest BCUT2D eigenvalue weighted by Gasteiger charge is 2.06. The Balaban J connectivity index is 2.85. The first-order valence-electron chi connectivity index (χ1n) is 3.22. The zero-order chi connectivity index (χ0) is 8.43. The van der Waals surface area contributed by atoms with Crippen molar-refractivity contribution in [3.05, 3.63) is 10.7 Å². The van der Waals surface area contributed by atoms with E-state index < -0.39 is 0 Å². The van der Waals surface area contributed by atoms with Crippen LogP contribution >= 0.6 is 11.3 Å². The Bertz CT molecular complexity index is 280. The summed E-state index contributed by atoms with van der Waals surface area (Å²) in [5.41, 5.74) is 0.780. The lowest BCUT2D eigenvalue weighted by Gasteiger charge is -1.94. The molecule has 0 spiro atoms. The zero-order valence-corrected chi connectivity index (χ0v) is 7.49. The van der Waals surface area contributed by atoms with Gasteiger partial charge in [0.2, 0.25) is 5.06 Å². The van der Waals surface area contributed by atoms with E-state index in [0.29, 0.717) is 5.06 Å². The van der Waals surface area contributed by atoms with Gasteiger partial charge in [-0.05, 0) is 13.8 Å². The van der Waals surface area contributed by atoms with Crippen molar-refractivity contribution in [3.63, 3.8) is 0 Å². The van der Waals surface area contributed by atoms with E-state index in [1.54, 1.807) is 0 Å². The van der Waals surface area contributed by atoms with Crippen molar-refractivity contribution in [2.24, 2.45) is 0 Å². The average molecular weight is 171 g/mol. The first-order valence-corrected chi connectivity index (χ1v) is 4.03. The number of rotatable bonds is 1. The molecule has 0 aliphatic heterocycles. The Morgan fingerprint density at radius 1 is 1.55 bits per heavy atom. The second-order valence-corrected chi connectivity index (χ2v) is 3.37. The number of ether oxygens (including phenoxy) is 1. The van der Waals surface area contributed by atoms with Gasteiger partial charge in [-0.3, -0.25) is 4.79 Å². The molecule has 1 rings (SSSR count). The summed E-state index contributed by atoms with van der Waals surface area (Å²) >= 11 is 1.39. The van der Waals surface area contributed by atoms with Gasteiger partial charge in [0.05, 0.1) is 10.7 Å². The number of carbonyl (C=O) groups excluding carboxylic acids is 1. The number of nitrogens with zero attached hydrogens (tertiary/aromatic N) is 1. The number of aromatic nitrogens is 1. The quantitative estimate of drug-likeness (QED) is 0.603. The van der Waals surface area contributed by atoms with Crippen LogP contribution in [0.25, 0.3) is 0 Å². The molecule has 0 radical (unpaired) electrons. The lowest BCUT2D eigenvalue weighted by Crippen LogP contribution is -2.00. The fourth-order valence-electron chi connectivity index (χ4n) is 0.738. The molecular weight excluding hydrogens is 162 g/mol. The molecule has 0 saturated carbocycles. The highest BCUT2D eigenvalue weighted by molar-refractivity contribution is 7.13. The molecule has 1 heterocycles. The van der Waals surface area contributed by atoms with Gasteiger partial charge in [0.25, 0.3) is 0 Å². The monoisotopic (exact) mass is 171 g/mol. The molecule has 0 bridgehead atoms. The van der Waals surface area contributed by atoms with Crippen molar-refractivity contribution in [2.45, 2.75) is 20.8 Å². The van der Waals surface area contributed by atoms with Crippen molar-refractivity contribution in [2.75, 3.05) is 0 Å². The Morgan fingerprint density at radius 3 is 2.55 bits per heavy atom. The SMILES string of the molecule is CC(=O)Oc1sc(C)nc1C. The second kappa shape index (κ2) is 3.00. The number of hydrogen-bond donors (Lipinski definition) is 0. The van der Waals surface area contributed by atoms with Gasteiger partial charge in [0.1, 0.15) is 0 Å². The van der Waals surface area contributed by atoms with Crippen LogP contribution in [-0.2, 0) is 4.79 Å². The molecule has 0 aliphatic carbocycles. The number of aryl methyl sites for hydroxylation is 2. The summed E-state index contributed by atoms with van der Waals surface area (Å²) in [6, 6.07) is 0. The Kier molecular flexibility index (Phi) is 2.24. The molecule has 1 aromatic heterocycles. The maximum absolute atomic E-state index is 10.5. The smallest absolute Gasteiger partial charge is 0.308 e. The molecule has 0 aromatic carbocycles. The summed E-state index contributed by atoms with van der Waals surface area (Å²) < 4.78 is 4.88. The summed E-state index contributed by atoms with van der Waals surface area (Å²) in [5.74, 6) is -0.295. The largest absolute Gasteiger partial charge is 0.414 e. The van der Waals surface area contributed by atoms with Crippen molar-refractivity contribution >= 4 is 17.3 Å². The Labute approximate surface area is 69.0 Å². The molecule has 0 unspecified atom stereocenters. The fraction of sp³-hybridized carbons (Fsp3) is 0.429. The van der Waals surface area contributed by atoms with Crippen LogP contribution in [0.15, 0.2) is 0 Å². The predicted molar refractivity (Wildman–Crippen MR) is 42.9 cm³/mol. The van der Waals surface area contributed by atoms with Crippen LogP contribution in [-0.4, -0.2) is 11.0 Å². The summed E-state index contributed by atoms with van der Waals surface area (Å²) in [6.07, 6.45) is 0. The van der Waals surface area contributed by atoms with Gasteiger partial charge in [-0.25, -0.2) is 4.98 Å². The summed E-state index contributed by atoms with van der Waals surface area (Å²) in [5, 5.41) is 1.52. The lowest BCUT2D eigenvalue weighted by atomic mass is 10.5. The highest BCUT2D eigenvalue weighted by atomic mass is 32.1. The number of carbonyl (C=O) groups is 1. The number of hydrogen-bond acceptors (Lipinski definition) is 4. The normalized spacial score (nSPS) is 9.73. The van der Waals surface area contributed by atoms with E-state index in [1.165, 1.54) is 18.3 Å².